The van der Waals surface area contributed by atoms with Gasteiger partial charge in [-0.2, -0.15) is 0 Å². The van der Waals surface area contributed by atoms with E-state index < -0.39 is 0 Å². The minimum Gasteiger partial charge on any atom is -0.354 e. The van der Waals surface area contributed by atoms with Crippen LogP contribution in [-0.4, -0.2) is 19.0 Å². The van der Waals surface area contributed by atoms with Gasteiger partial charge in [-0.25, -0.2) is 4.39 Å². The lowest BCUT2D eigenvalue weighted by Gasteiger charge is -2.26. The number of nitrogens with one attached hydrogen (secondary N) is 1. The number of benzene rings is 1. The maximum Gasteiger partial charge on any atom is 0.233 e. The number of halogens is 2. The Balaban J connectivity index is 2.85. The molecule has 17 heavy (non-hydrogen) atoms. The van der Waals surface area contributed by atoms with Gasteiger partial charge in [-0.3, -0.25) is 4.79 Å². The van der Waals surface area contributed by atoms with Crippen LogP contribution in [0.1, 0.15) is 19.4 Å². The predicted molar refractivity (Wildman–Crippen MR) is 66.5 cm³/mol. The minimum atomic E-state index is -0.379. The van der Waals surface area contributed by atoms with E-state index in [1.807, 2.05) is 13.8 Å². The number of carbonyl (C=O) groups excluding carboxylic acids is 1. The third-order valence-electron chi connectivity index (χ3n) is 2.57. The van der Waals surface area contributed by atoms with Gasteiger partial charge in [-0.05, 0) is 17.7 Å². The number of hydrogen-bond acceptors (Lipinski definition) is 2. The summed E-state index contributed by atoms with van der Waals surface area (Å²) in [6.07, 6.45) is 0. The van der Waals surface area contributed by atoms with Gasteiger partial charge >= 0.3 is 0 Å². The highest BCUT2D eigenvalue weighted by atomic mass is 35.5. The standard InChI is InChI=1S/C12H16ClFN2O/c1-12(2,7-16-11(17)6-15)9-4-3-8(14)5-10(9)13/h3-5H,6-7,15H2,1-2H3,(H,16,17). The van der Waals surface area contributed by atoms with E-state index in [1.54, 1.807) is 6.07 Å². The van der Waals surface area contributed by atoms with Gasteiger partial charge in [0.25, 0.3) is 0 Å². The molecule has 1 aromatic rings. The maximum absolute atomic E-state index is 12.9. The molecule has 1 aromatic carbocycles. The highest BCUT2D eigenvalue weighted by Gasteiger charge is 2.24. The van der Waals surface area contributed by atoms with Crippen LogP contribution in [0.2, 0.25) is 5.02 Å². The normalized spacial score (nSPS) is 11.4. The van der Waals surface area contributed by atoms with Crippen LogP contribution in [0.4, 0.5) is 4.39 Å². The van der Waals surface area contributed by atoms with Gasteiger partial charge in [0.05, 0.1) is 6.54 Å². The number of rotatable bonds is 4. The van der Waals surface area contributed by atoms with E-state index in [9.17, 15) is 9.18 Å². The van der Waals surface area contributed by atoms with Gasteiger partial charge in [-0.1, -0.05) is 31.5 Å². The molecule has 5 heteroatoms. The van der Waals surface area contributed by atoms with Gasteiger partial charge in [0.1, 0.15) is 5.82 Å². The molecule has 0 saturated heterocycles. The Kier molecular flexibility index (Phi) is 4.48. The van der Waals surface area contributed by atoms with Crippen LogP contribution in [0.15, 0.2) is 18.2 Å². The van der Waals surface area contributed by atoms with Crippen molar-refractivity contribution >= 4 is 17.5 Å². The van der Waals surface area contributed by atoms with Crippen LogP contribution < -0.4 is 11.1 Å². The average Bonchev–Trinajstić information content (AvgIpc) is 2.25. The van der Waals surface area contributed by atoms with Crippen molar-refractivity contribution in [2.75, 3.05) is 13.1 Å². The molecule has 0 spiro atoms. The predicted octanol–water partition coefficient (Wildman–Crippen LogP) is 1.83. The number of carbonyl (C=O) groups is 1. The second-order valence-electron chi connectivity index (χ2n) is 4.49. The fraction of sp³-hybridized carbons (Fsp3) is 0.417. The van der Waals surface area contributed by atoms with E-state index in [-0.39, 0.29) is 23.7 Å². The molecule has 0 aromatic heterocycles. The highest BCUT2D eigenvalue weighted by Crippen LogP contribution is 2.29. The summed E-state index contributed by atoms with van der Waals surface area (Å²) in [6.45, 7) is 4.19. The van der Waals surface area contributed by atoms with Crippen molar-refractivity contribution < 1.29 is 9.18 Å². The van der Waals surface area contributed by atoms with Crippen LogP contribution in [0.3, 0.4) is 0 Å². The van der Waals surface area contributed by atoms with Crippen molar-refractivity contribution in [3.8, 4) is 0 Å². The molecule has 0 heterocycles. The summed E-state index contributed by atoms with van der Waals surface area (Å²) in [5.41, 5.74) is 5.61. The third kappa shape index (κ3) is 3.68. The fourth-order valence-corrected chi connectivity index (χ4v) is 1.95. The molecule has 1 amide bonds. The molecular formula is C12H16ClFN2O. The van der Waals surface area contributed by atoms with Crippen LogP contribution in [0.25, 0.3) is 0 Å². The van der Waals surface area contributed by atoms with Gasteiger partial charge in [0.15, 0.2) is 0 Å². The molecule has 0 atom stereocenters. The molecule has 0 aliphatic carbocycles. The van der Waals surface area contributed by atoms with E-state index >= 15 is 0 Å². The molecule has 0 saturated carbocycles. The SMILES string of the molecule is CC(C)(CNC(=O)CN)c1ccc(F)cc1Cl. The first-order chi connectivity index (χ1) is 7.86. The van der Waals surface area contributed by atoms with Crippen molar-refractivity contribution in [2.24, 2.45) is 5.73 Å². The van der Waals surface area contributed by atoms with Crippen molar-refractivity contribution in [1.29, 1.82) is 0 Å². The lowest BCUT2D eigenvalue weighted by atomic mass is 9.84. The Morgan fingerprint density at radius 1 is 1.53 bits per heavy atom. The number of hydrogen-bond donors (Lipinski definition) is 2. The van der Waals surface area contributed by atoms with Crippen LogP contribution in [0.5, 0.6) is 0 Å². The Morgan fingerprint density at radius 2 is 2.18 bits per heavy atom. The molecule has 0 bridgehead atoms. The minimum absolute atomic E-state index is 0.0484. The summed E-state index contributed by atoms with van der Waals surface area (Å²) in [6, 6.07) is 4.25. The monoisotopic (exact) mass is 258 g/mol. The second kappa shape index (κ2) is 5.47. The molecule has 0 unspecified atom stereocenters. The first-order valence-electron chi connectivity index (χ1n) is 5.29. The summed E-state index contributed by atoms with van der Waals surface area (Å²) in [5.74, 6) is -0.600. The lowest BCUT2D eigenvalue weighted by molar-refractivity contribution is -0.119. The highest BCUT2D eigenvalue weighted by molar-refractivity contribution is 6.31. The fourth-order valence-electron chi connectivity index (χ4n) is 1.53. The van der Waals surface area contributed by atoms with Crippen LogP contribution >= 0.6 is 11.6 Å². The third-order valence-corrected chi connectivity index (χ3v) is 2.89. The zero-order valence-corrected chi connectivity index (χ0v) is 10.6. The van der Waals surface area contributed by atoms with Crippen LogP contribution in [0, 0.1) is 5.82 Å². The average molecular weight is 259 g/mol. The van der Waals surface area contributed by atoms with Crippen molar-refractivity contribution in [1.82, 2.24) is 5.32 Å². The zero-order chi connectivity index (χ0) is 13.1. The quantitative estimate of drug-likeness (QED) is 0.866. The van der Waals surface area contributed by atoms with Gasteiger partial charge < -0.3 is 11.1 Å². The van der Waals surface area contributed by atoms with E-state index in [2.05, 4.69) is 5.32 Å². The Bertz CT molecular complexity index is 421. The molecule has 94 valence electrons. The molecule has 0 fully saturated rings. The summed E-state index contributed by atoms with van der Waals surface area (Å²) in [5, 5.41) is 3.05. The molecule has 0 radical (unpaired) electrons. The van der Waals surface area contributed by atoms with E-state index in [0.717, 1.165) is 5.56 Å². The van der Waals surface area contributed by atoms with Crippen molar-refractivity contribution in [3.05, 3.63) is 34.6 Å². The Morgan fingerprint density at radius 3 is 2.71 bits per heavy atom. The van der Waals surface area contributed by atoms with Gasteiger partial charge in [0.2, 0.25) is 5.91 Å². The molecule has 3 nitrogen and oxygen atoms in total. The first-order valence-corrected chi connectivity index (χ1v) is 5.67. The summed E-state index contributed by atoms with van der Waals surface area (Å²) in [7, 11) is 0. The summed E-state index contributed by atoms with van der Waals surface area (Å²) >= 11 is 5.99. The largest absolute Gasteiger partial charge is 0.354 e. The molecule has 1 rings (SSSR count). The number of nitrogens with two attached hydrogens (primary N) is 1. The smallest absolute Gasteiger partial charge is 0.233 e. The van der Waals surface area contributed by atoms with Gasteiger partial charge in [0, 0.05) is 17.0 Å². The first kappa shape index (κ1) is 13.9. The number of amides is 1. The van der Waals surface area contributed by atoms with E-state index in [4.69, 9.17) is 17.3 Å². The summed E-state index contributed by atoms with van der Waals surface area (Å²) < 4.78 is 12.9. The second-order valence-corrected chi connectivity index (χ2v) is 4.90. The van der Waals surface area contributed by atoms with Crippen molar-refractivity contribution in [3.63, 3.8) is 0 Å². The lowest BCUT2D eigenvalue weighted by Crippen LogP contribution is -2.39. The zero-order valence-electron chi connectivity index (χ0n) is 9.89. The molecular weight excluding hydrogens is 243 g/mol. The Hall–Kier alpha value is -1.13. The summed E-state index contributed by atoms with van der Waals surface area (Å²) in [4.78, 5) is 11.1. The molecule has 0 aliphatic rings. The Labute approximate surface area is 105 Å². The topological polar surface area (TPSA) is 55.1 Å². The van der Waals surface area contributed by atoms with E-state index in [0.29, 0.717) is 11.6 Å². The molecule has 0 aliphatic heterocycles. The van der Waals surface area contributed by atoms with Crippen molar-refractivity contribution in [2.45, 2.75) is 19.3 Å². The van der Waals surface area contributed by atoms with Crippen LogP contribution in [-0.2, 0) is 10.2 Å². The molecule has 3 N–H and O–H groups in total. The van der Waals surface area contributed by atoms with Gasteiger partial charge in [-0.15, -0.1) is 0 Å². The van der Waals surface area contributed by atoms with E-state index in [1.165, 1.54) is 12.1 Å². The maximum atomic E-state index is 12.9.